The van der Waals surface area contributed by atoms with E-state index in [4.69, 9.17) is 29.7 Å². The van der Waals surface area contributed by atoms with E-state index < -0.39 is 5.60 Å². The summed E-state index contributed by atoms with van der Waals surface area (Å²) in [6.07, 6.45) is 13.6. The number of fused-ring (bicyclic) bond motifs is 2. The van der Waals surface area contributed by atoms with Crippen LogP contribution in [0.25, 0.3) is 0 Å². The van der Waals surface area contributed by atoms with Gasteiger partial charge in [0.1, 0.15) is 11.6 Å². The number of aromatic nitrogens is 2. The number of aryl methyl sites for hydroxylation is 4. The van der Waals surface area contributed by atoms with Gasteiger partial charge in [0.2, 0.25) is 5.91 Å². The molecule has 6 heterocycles. The minimum absolute atomic E-state index is 0.156. The molecule has 4 aliphatic heterocycles. The van der Waals surface area contributed by atoms with Crippen molar-refractivity contribution >= 4 is 29.5 Å². The molecule has 0 radical (unpaired) electrons. The Labute approximate surface area is 346 Å². The number of esters is 2. The molecule has 2 saturated heterocycles. The number of ether oxygens (including phenoxy) is 4. The average molecular weight is 810 g/mol. The lowest BCUT2D eigenvalue weighted by atomic mass is 9.87. The Morgan fingerprint density at radius 3 is 1.69 bits per heavy atom. The van der Waals surface area contributed by atoms with Gasteiger partial charge in [0.15, 0.2) is 0 Å². The van der Waals surface area contributed by atoms with E-state index in [0.29, 0.717) is 52.0 Å². The monoisotopic (exact) mass is 810 g/mol. The van der Waals surface area contributed by atoms with Gasteiger partial charge in [-0.25, -0.2) is 9.97 Å². The number of carbonyl (C=O) groups excluding carboxylic acids is 3. The van der Waals surface area contributed by atoms with Crippen LogP contribution in [-0.4, -0.2) is 117 Å². The van der Waals surface area contributed by atoms with E-state index in [1.54, 1.807) is 21.1 Å². The molecule has 2 aromatic rings. The highest BCUT2D eigenvalue weighted by Gasteiger charge is 2.38. The first kappa shape index (κ1) is 46.8. The smallest absolute Gasteiger partial charge is 0.308 e. The summed E-state index contributed by atoms with van der Waals surface area (Å²) >= 11 is 0. The second-order valence-electron chi connectivity index (χ2n) is 15.6. The Kier molecular flexibility index (Phi) is 20.1. The number of pyridine rings is 2. The van der Waals surface area contributed by atoms with E-state index in [-0.39, 0.29) is 29.9 Å². The fraction of sp³-hybridized carbons (Fsp3) is 0.705. The molecule has 2 fully saturated rings. The van der Waals surface area contributed by atoms with Crippen molar-refractivity contribution < 1.29 is 33.3 Å². The zero-order valence-electron chi connectivity index (χ0n) is 35.8. The zero-order chi connectivity index (χ0) is 41.6. The normalized spacial score (nSPS) is 17.6. The number of piperidine rings is 2. The SMILES string of the molecule is CCOC(=O)CC1(OC)CCN(C(=O)CCCCc2ccc3c(n2)NCCC3)CC1.CCOC(=O)CC1(OC)CCNCC1.NCCCc1ccc2c(n1)NCCC2. The van der Waals surface area contributed by atoms with Gasteiger partial charge < -0.3 is 45.5 Å². The van der Waals surface area contributed by atoms with Crippen LogP contribution in [0.15, 0.2) is 24.3 Å². The Morgan fingerprint density at radius 2 is 1.21 bits per heavy atom. The number of amides is 1. The number of anilines is 2. The number of nitrogens with one attached hydrogen (secondary N) is 3. The van der Waals surface area contributed by atoms with Crippen molar-refractivity contribution in [3.05, 3.63) is 46.8 Å². The van der Waals surface area contributed by atoms with E-state index in [9.17, 15) is 14.4 Å². The van der Waals surface area contributed by atoms with Gasteiger partial charge in [-0.05, 0) is 140 Å². The third-order valence-electron chi connectivity index (χ3n) is 11.6. The number of methoxy groups -OCH3 is 2. The van der Waals surface area contributed by atoms with Crippen LogP contribution < -0.4 is 21.7 Å². The molecule has 4 aliphatic rings. The van der Waals surface area contributed by atoms with E-state index in [2.05, 4.69) is 45.2 Å². The second kappa shape index (κ2) is 24.9. The summed E-state index contributed by atoms with van der Waals surface area (Å²) < 4.78 is 21.1. The van der Waals surface area contributed by atoms with Crippen molar-refractivity contribution in [1.29, 1.82) is 0 Å². The molecule has 2 aromatic heterocycles. The minimum Gasteiger partial charge on any atom is -0.466 e. The third kappa shape index (κ3) is 15.1. The number of hydrogen-bond donors (Lipinski definition) is 4. The summed E-state index contributed by atoms with van der Waals surface area (Å²) in [7, 11) is 3.31. The lowest BCUT2D eigenvalue weighted by Crippen LogP contribution is -2.48. The van der Waals surface area contributed by atoms with Crippen LogP contribution in [-0.2, 0) is 59.0 Å². The molecule has 6 rings (SSSR count). The summed E-state index contributed by atoms with van der Waals surface area (Å²) in [4.78, 5) is 47.0. The van der Waals surface area contributed by atoms with Gasteiger partial charge in [0.05, 0.1) is 37.3 Å². The van der Waals surface area contributed by atoms with Gasteiger partial charge in [-0.15, -0.1) is 0 Å². The van der Waals surface area contributed by atoms with Crippen molar-refractivity contribution in [3.8, 4) is 0 Å². The number of hydrogen-bond acceptors (Lipinski definition) is 13. The first-order valence-electron chi connectivity index (χ1n) is 21.7. The maximum absolute atomic E-state index is 12.6. The largest absolute Gasteiger partial charge is 0.466 e. The Hall–Kier alpha value is -3.85. The zero-order valence-corrected chi connectivity index (χ0v) is 35.8. The molecule has 0 aromatic carbocycles. The quantitative estimate of drug-likeness (QED) is 0.129. The van der Waals surface area contributed by atoms with Gasteiger partial charge >= 0.3 is 11.9 Å². The molecule has 0 aliphatic carbocycles. The van der Waals surface area contributed by atoms with Crippen molar-refractivity contribution in [1.82, 2.24) is 20.2 Å². The third-order valence-corrected chi connectivity index (χ3v) is 11.6. The van der Waals surface area contributed by atoms with Crippen LogP contribution in [0, 0.1) is 0 Å². The maximum atomic E-state index is 12.6. The highest BCUT2D eigenvalue weighted by atomic mass is 16.5. The van der Waals surface area contributed by atoms with E-state index in [0.717, 1.165) is 114 Å². The molecular weight excluding hydrogens is 739 g/mol. The summed E-state index contributed by atoms with van der Waals surface area (Å²) in [5.74, 6) is 1.93. The van der Waals surface area contributed by atoms with Gasteiger partial charge in [-0.1, -0.05) is 12.1 Å². The summed E-state index contributed by atoms with van der Waals surface area (Å²) in [5.41, 5.74) is 9.58. The number of nitrogens with zero attached hydrogens (tertiary/aromatic N) is 3. The van der Waals surface area contributed by atoms with Gasteiger partial charge in [0, 0.05) is 58.2 Å². The minimum atomic E-state index is -0.505. The maximum Gasteiger partial charge on any atom is 0.308 e. The molecule has 0 bridgehead atoms. The number of rotatable bonds is 16. The van der Waals surface area contributed by atoms with E-state index in [1.165, 1.54) is 24.0 Å². The second-order valence-corrected chi connectivity index (χ2v) is 15.6. The standard InChI is InChI=1S/C23H35N3O4.C11H17N3.C10H19NO3/c1-3-30-21(28)17-23(29-2)12-15-26(16-13-23)20(27)9-5-4-8-19-11-10-18-7-6-14-24-22(18)25-19;12-7-1-4-10-6-5-9-3-2-8-13-11(9)14-10;1-3-14-9(12)8-10(13-2)4-6-11-7-5-10/h10-11H,3-9,12-17H2,1-2H3,(H,24,25);5-6H,1-4,7-8,12H2,(H,13,14);11H,3-8H2,1-2H3. The van der Waals surface area contributed by atoms with Crippen molar-refractivity contribution in [2.45, 2.75) is 128 Å². The predicted molar refractivity (Wildman–Crippen MR) is 227 cm³/mol. The molecule has 0 spiro atoms. The summed E-state index contributed by atoms with van der Waals surface area (Å²) in [6, 6.07) is 8.62. The lowest BCUT2D eigenvalue weighted by Gasteiger charge is -2.40. The molecule has 58 heavy (non-hydrogen) atoms. The fourth-order valence-electron chi connectivity index (χ4n) is 7.94. The molecule has 1 amide bonds. The molecule has 14 nitrogen and oxygen atoms in total. The van der Waals surface area contributed by atoms with Gasteiger partial charge in [-0.3, -0.25) is 14.4 Å². The Morgan fingerprint density at radius 1 is 0.707 bits per heavy atom. The molecule has 5 N–H and O–H groups in total. The van der Waals surface area contributed by atoms with Crippen LogP contribution in [0.3, 0.4) is 0 Å². The number of unbranched alkanes of at least 4 members (excludes halogenated alkanes) is 1. The van der Waals surface area contributed by atoms with E-state index >= 15 is 0 Å². The topological polar surface area (TPSA) is 179 Å². The van der Waals surface area contributed by atoms with Crippen LogP contribution >= 0.6 is 0 Å². The highest BCUT2D eigenvalue weighted by molar-refractivity contribution is 5.76. The first-order valence-corrected chi connectivity index (χ1v) is 21.7. The summed E-state index contributed by atoms with van der Waals surface area (Å²) in [6.45, 7) is 10.3. The molecule has 0 saturated carbocycles. The van der Waals surface area contributed by atoms with E-state index in [1.807, 2.05) is 11.8 Å². The molecule has 14 heteroatoms. The average Bonchev–Trinajstić information content (AvgIpc) is 3.25. The van der Waals surface area contributed by atoms with Crippen LogP contribution in [0.2, 0.25) is 0 Å². The van der Waals surface area contributed by atoms with Gasteiger partial charge in [-0.2, -0.15) is 0 Å². The number of carbonyl (C=O) groups is 3. The van der Waals surface area contributed by atoms with Crippen molar-refractivity contribution in [3.63, 3.8) is 0 Å². The fourth-order valence-corrected chi connectivity index (χ4v) is 7.94. The predicted octanol–water partition coefficient (Wildman–Crippen LogP) is 5.15. The molecule has 0 unspecified atom stereocenters. The molecular formula is C44H71N7O7. The van der Waals surface area contributed by atoms with Crippen LogP contribution in [0.4, 0.5) is 11.6 Å². The first-order chi connectivity index (χ1) is 28.2. The Balaban J connectivity index is 0.000000220. The molecule has 324 valence electrons. The van der Waals surface area contributed by atoms with Crippen molar-refractivity contribution in [2.24, 2.45) is 5.73 Å². The lowest BCUT2D eigenvalue weighted by molar-refractivity contribution is -0.155. The van der Waals surface area contributed by atoms with Crippen molar-refractivity contribution in [2.75, 3.05) is 83.9 Å². The summed E-state index contributed by atoms with van der Waals surface area (Å²) in [5, 5.41) is 9.96. The van der Waals surface area contributed by atoms with Gasteiger partial charge in [0.25, 0.3) is 0 Å². The van der Waals surface area contributed by atoms with Crippen LogP contribution in [0.1, 0.15) is 113 Å². The number of nitrogens with two attached hydrogens (primary N) is 1. The highest BCUT2D eigenvalue weighted by Crippen LogP contribution is 2.31. The molecule has 0 atom stereocenters. The van der Waals surface area contributed by atoms with Crippen LogP contribution in [0.5, 0.6) is 0 Å². The Bertz CT molecular complexity index is 1560. The number of likely N-dealkylation sites (tertiary alicyclic amines) is 1.